The Morgan fingerprint density at radius 1 is 1.45 bits per heavy atom. The highest BCUT2D eigenvalue weighted by molar-refractivity contribution is 5.71. The Balaban J connectivity index is 2.19. The van der Waals surface area contributed by atoms with Crippen molar-refractivity contribution in [3.8, 4) is 0 Å². The third-order valence-corrected chi connectivity index (χ3v) is 3.82. The van der Waals surface area contributed by atoms with E-state index >= 15 is 0 Å². The normalized spacial score (nSPS) is 33.8. The molecule has 0 N–H and O–H groups in total. The SMILES string of the molecule is CCCCN1CC2(C=C(C)C(C)(C(F)(F)F)O2)OC1=O. The molecule has 1 saturated heterocycles. The summed E-state index contributed by atoms with van der Waals surface area (Å²) in [5.74, 6) is -1.61. The van der Waals surface area contributed by atoms with Crippen molar-refractivity contribution in [1.82, 2.24) is 4.90 Å². The molecule has 2 aliphatic heterocycles. The number of hydrogen-bond donors (Lipinski definition) is 0. The number of rotatable bonds is 3. The minimum absolute atomic E-state index is 0.00512. The van der Waals surface area contributed by atoms with Gasteiger partial charge in [0.25, 0.3) is 5.79 Å². The first-order chi connectivity index (χ1) is 9.13. The smallest absolute Gasteiger partial charge is 0.411 e. The molecule has 0 aromatic heterocycles. The fourth-order valence-electron chi connectivity index (χ4n) is 2.43. The molecule has 1 amide bonds. The predicted molar refractivity (Wildman–Crippen MR) is 65.0 cm³/mol. The van der Waals surface area contributed by atoms with Gasteiger partial charge in [-0.05, 0) is 31.9 Å². The van der Waals surface area contributed by atoms with Crippen LogP contribution in [0.2, 0.25) is 0 Å². The molecule has 0 saturated carbocycles. The van der Waals surface area contributed by atoms with Gasteiger partial charge in [0.15, 0.2) is 5.60 Å². The molecule has 20 heavy (non-hydrogen) atoms. The minimum atomic E-state index is -4.56. The zero-order valence-corrected chi connectivity index (χ0v) is 11.7. The predicted octanol–water partition coefficient (Wildman–Crippen LogP) is 3.23. The Labute approximate surface area is 115 Å². The summed E-state index contributed by atoms with van der Waals surface area (Å²) in [7, 11) is 0. The topological polar surface area (TPSA) is 38.8 Å². The summed E-state index contributed by atoms with van der Waals surface area (Å²) in [5, 5.41) is 0. The second-order valence-electron chi connectivity index (χ2n) is 5.42. The van der Waals surface area contributed by atoms with Gasteiger partial charge < -0.3 is 14.4 Å². The van der Waals surface area contributed by atoms with Crippen LogP contribution in [0.4, 0.5) is 18.0 Å². The number of hydrogen-bond acceptors (Lipinski definition) is 3. The van der Waals surface area contributed by atoms with E-state index in [1.54, 1.807) is 0 Å². The average molecular weight is 293 g/mol. The second kappa shape index (κ2) is 4.65. The van der Waals surface area contributed by atoms with Crippen molar-refractivity contribution in [2.24, 2.45) is 0 Å². The number of carbonyl (C=O) groups excluding carboxylic acids is 1. The van der Waals surface area contributed by atoms with E-state index in [0.717, 1.165) is 19.8 Å². The molecule has 0 aliphatic carbocycles. The van der Waals surface area contributed by atoms with Crippen LogP contribution in [-0.4, -0.2) is 41.6 Å². The van der Waals surface area contributed by atoms with Crippen LogP contribution in [-0.2, 0) is 9.47 Å². The highest BCUT2D eigenvalue weighted by Crippen LogP contribution is 2.49. The van der Waals surface area contributed by atoms with Crippen molar-refractivity contribution in [1.29, 1.82) is 0 Å². The molecule has 2 unspecified atom stereocenters. The van der Waals surface area contributed by atoms with Crippen LogP contribution in [0.1, 0.15) is 33.6 Å². The molecule has 2 atom stereocenters. The maximum atomic E-state index is 13.1. The lowest BCUT2D eigenvalue weighted by Gasteiger charge is -2.32. The van der Waals surface area contributed by atoms with E-state index in [1.807, 2.05) is 6.92 Å². The molecule has 4 nitrogen and oxygen atoms in total. The van der Waals surface area contributed by atoms with E-state index in [0.29, 0.717) is 6.54 Å². The van der Waals surface area contributed by atoms with Crippen molar-refractivity contribution >= 4 is 6.09 Å². The van der Waals surface area contributed by atoms with E-state index in [2.05, 4.69) is 0 Å². The van der Waals surface area contributed by atoms with Crippen LogP contribution < -0.4 is 0 Å². The largest absolute Gasteiger partial charge is 0.421 e. The molecule has 1 spiro atoms. The third kappa shape index (κ3) is 2.28. The molecule has 0 bridgehead atoms. The molecule has 2 rings (SSSR count). The number of carbonyl (C=O) groups is 1. The third-order valence-electron chi connectivity index (χ3n) is 3.82. The van der Waals surface area contributed by atoms with Gasteiger partial charge in [-0.15, -0.1) is 0 Å². The van der Waals surface area contributed by atoms with Crippen LogP contribution in [0.15, 0.2) is 11.6 Å². The molecular weight excluding hydrogens is 275 g/mol. The van der Waals surface area contributed by atoms with Gasteiger partial charge in [-0.25, -0.2) is 4.79 Å². The lowest BCUT2D eigenvalue weighted by Crippen LogP contribution is -2.48. The van der Waals surface area contributed by atoms with Crippen molar-refractivity contribution in [2.45, 2.75) is 51.2 Å². The molecule has 7 heteroatoms. The summed E-state index contributed by atoms with van der Waals surface area (Å²) in [6.45, 7) is 4.71. The van der Waals surface area contributed by atoms with Gasteiger partial charge in [0.05, 0.1) is 6.54 Å². The summed E-state index contributed by atoms with van der Waals surface area (Å²) in [5.41, 5.74) is -2.40. The van der Waals surface area contributed by atoms with E-state index in [1.165, 1.54) is 17.9 Å². The standard InChI is InChI=1S/C13H18F3NO3/c1-4-5-6-17-8-12(19-10(17)18)7-9(2)11(3,20-12)13(14,15)16/h7H,4-6,8H2,1-3H3. The number of nitrogens with zero attached hydrogens (tertiary/aromatic N) is 1. The summed E-state index contributed by atoms with van der Waals surface area (Å²) in [6, 6.07) is 0. The molecular formula is C13H18F3NO3. The van der Waals surface area contributed by atoms with E-state index in [-0.39, 0.29) is 12.1 Å². The van der Waals surface area contributed by atoms with Crippen LogP contribution in [0.25, 0.3) is 0 Å². The summed E-state index contributed by atoms with van der Waals surface area (Å²) < 4.78 is 49.5. The summed E-state index contributed by atoms with van der Waals surface area (Å²) >= 11 is 0. The van der Waals surface area contributed by atoms with Gasteiger partial charge in [0.2, 0.25) is 0 Å². The molecule has 0 aromatic rings. The van der Waals surface area contributed by atoms with Crippen LogP contribution in [0, 0.1) is 0 Å². The summed E-state index contributed by atoms with van der Waals surface area (Å²) in [4.78, 5) is 13.1. The van der Waals surface area contributed by atoms with Gasteiger partial charge in [-0.2, -0.15) is 13.2 Å². The number of alkyl halides is 3. The maximum Gasteiger partial charge on any atom is 0.421 e. The maximum absolute atomic E-state index is 13.1. The summed E-state index contributed by atoms with van der Waals surface area (Å²) in [6.07, 6.45) is -2.27. The van der Waals surface area contributed by atoms with E-state index < -0.39 is 23.7 Å². The van der Waals surface area contributed by atoms with Gasteiger partial charge in [-0.3, -0.25) is 0 Å². The number of unbranched alkanes of at least 4 members (excludes halogenated alkanes) is 1. The van der Waals surface area contributed by atoms with Gasteiger partial charge >= 0.3 is 12.3 Å². The zero-order chi connectivity index (χ0) is 15.2. The van der Waals surface area contributed by atoms with Gasteiger partial charge in [0.1, 0.15) is 0 Å². The van der Waals surface area contributed by atoms with E-state index in [4.69, 9.17) is 9.47 Å². The lowest BCUT2D eigenvalue weighted by molar-refractivity contribution is -0.298. The highest BCUT2D eigenvalue weighted by atomic mass is 19.4. The second-order valence-corrected chi connectivity index (χ2v) is 5.42. The lowest BCUT2D eigenvalue weighted by atomic mass is 9.98. The molecule has 0 aromatic carbocycles. The number of halogens is 3. The molecule has 0 radical (unpaired) electrons. The van der Waals surface area contributed by atoms with Crippen molar-refractivity contribution in [2.75, 3.05) is 13.1 Å². The zero-order valence-electron chi connectivity index (χ0n) is 11.7. The fraction of sp³-hybridized carbons (Fsp3) is 0.769. The Hall–Kier alpha value is -1.24. The van der Waals surface area contributed by atoms with Crippen LogP contribution >= 0.6 is 0 Å². The Morgan fingerprint density at radius 2 is 2.10 bits per heavy atom. The number of ether oxygens (including phenoxy) is 2. The quantitative estimate of drug-likeness (QED) is 0.750. The Morgan fingerprint density at radius 3 is 2.60 bits per heavy atom. The molecule has 1 fully saturated rings. The van der Waals surface area contributed by atoms with Gasteiger partial charge in [-0.1, -0.05) is 13.3 Å². The van der Waals surface area contributed by atoms with Crippen molar-refractivity contribution in [3.63, 3.8) is 0 Å². The van der Waals surface area contributed by atoms with Crippen molar-refractivity contribution < 1.29 is 27.4 Å². The molecule has 114 valence electrons. The Kier molecular flexibility index (Phi) is 3.52. The number of amides is 1. The van der Waals surface area contributed by atoms with Gasteiger partial charge in [0, 0.05) is 6.54 Å². The molecule has 2 heterocycles. The van der Waals surface area contributed by atoms with Crippen LogP contribution in [0.5, 0.6) is 0 Å². The average Bonchev–Trinajstić information content (AvgIpc) is 2.74. The first kappa shape index (κ1) is 15.2. The van der Waals surface area contributed by atoms with E-state index in [9.17, 15) is 18.0 Å². The monoisotopic (exact) mass is 293 g/mol. The van der Waals surface area contributed by atoms with Crippen molar-refractivity contribution in [3.05, 3.63) is 11.6 Å². The first-order valence-electron chi connectivity index (χ1n) is 6.58. The minimum Gasteiger partial charge on any atom is -0.411 e. The first-order valence-corrected chi connectivity index (χ1v) is 6.58. The highest BCUT2D eigenvalue weighted by Gasteiger charge is 2.64. The fourth-order valence-corrected chi connectivity index (χ4v) is 2.43. The van der Waals surface area contributed by atoms with Crippen LogP contribution in [0.3, 0.4) is 0 Å². The Bertz CT molecular complexity index is 449. The molecule has 2 aliphatic rings.